The first-order valence-electron chi connectivity index (χ1n) is 6.04. The number of nitrogens with two attached hydrogens (primary N) is 1. The molecular weight excluding hydrogens is 262 g/mol. The number of carbonyl (C=O) groups is 1. The summed E-state index contributed by atoms with van der Waals surface area (Å²) >= 11 is 0. The molecule has 8 heteroatoms. The Balaban J connectivity index is 1.74. The third-order valence-electron chi connectivity index (χ3n) is 2.81. The minimum absolute atomic E-state index is 0.0453. The molecule has 1 amide bonds. The first-order valence-corrected chi connectivity index (χ1v) is 6.04. The maximum absolute atomic E-state index is 11.1. The highest BCUT2D eigenvalue weighted by Gasteiger charge is 2.14. The molecule has 8 nitrogen and oxygen atoms in total. The summed E-state index contributed by atoms with van der Waals surface area (Å²) in [5, 5.41) is 10.6. The van der Waals surface area contributed by atoms with E-state index >= 15 is 0 Å². The topological polar surface area (TPSA) is 104 Å². The second kappa shape index (κ2) is 5.17. The molecular formula is C12H13N5O3. The van der Waals surface area contributed by atoms with Crippen molar-refractivity contribution in [2.75, 3.05) is 13.3 Å². The van der Waals surface area contributed by atoms with E-state index in [-0.39, 0.29) is 19.2 Å². The number of ether oxygens (including phenoxy) is 2. The van der Waals surface area contributed by atoms with E-state index < -0.39 is 0 Å². The number of hydrogen-bond acceptors (Lipinski definition) is 6. The van der Waals surface area contributed by atoms with Crippen LogP contribution in [0.1, 0.15) is 5.69 Å². The molecule has 1 aromatic carbocycles. The summed E-state index contributed by atoms with van der Waals surface area (Å²) in [6, 6.07) is 5.49. The molecule has 0 saturated carbocycles. The number of fused-ring (bicyclic) bond motifs is 1. The molecule has 3 N–H and O–H groups in total. The van der Waals surface area contributed by atoms with Crippen LogP contribution in [-0.4, -0.2) is 34.2 Å². The van der Waals surface area contributed by atoms with Crippen LogP contribution in [0.4, 0.5) is 0 Å². The van der Waals surface area contributed by atoms with Crippen LogP contribution in [-0.2, 0) is 11.3 Å². The van der Waals surface area contributed by atoms with Gasteiger partial charge in [0.1, 0.15) is 5.69 Å². The molecule has 1 aromatic heterocycles. The van der Waals surface area contributed by atoms with Gasteiger partial charge in [-0.2, -0.15) is 0 Å². The van der Waals surface area contributed by atoms with E-state index in [1.54, 1.807) is 10.9 Å². The average molecular weight is 275 g/mol. The van der Waals surface area contributed by atoms with Gasteiger partial charge in [-0.25, -0.2) is 4.68 Å². The van der Waals surface area contributed by atoms with Gasteiger partial charge in [0, 0.05) is 6.07 Å². The quantitative estimate of drug-likeness (QED) is 0.784. The molecule has 0 unspecified atom stereocenters. The second-order valence-corrected chi connectivity index (χ2v) is 4.17. The lowest BCUT2D eigenvalue weighted by Crippen LogP contribution is -2.29. The maximum Gasteiger partial charge on any atom is 0.234 e. The van der Waals surface area contributed by atoms with Crippen LogP contribution in [0.2, 0.25) is 0 Å². The van der Waals surface area contributed by atoms with Gasteiger partial charge in [-0.3, -0.25) is 4.79 Å². The lowest BCUT2D eigenvalue weighted by atomic mass is 10.3. The molecule has 0 radical (unpaired) electrons. The zero-order valence-corrected chi connectivity index (χ0v) is 10.6. The van der Waals surface area contributed by atoms with Crippen molar-refractivity contribution in [1.82, 2.24) is 20.3 Å². The molecule has 20 heavy (non-hydrogen) atoms. The third kappa shape index (κ3) is 2.41. The summed E-state index contributed by atoms with van der Waals surface area (Å²) in [4.78, 5) is 11.1. The van der Waals surface area contributed by atoms with Crippen molar-refractivity contribution in [2.24, 2.45) is 5.73 Å². The number of rotatable bonds is 4. The van der Waals surface area contributed by atoms with Crippen LogP contribution in [0.25, 0.3) is 5.69 Å². The van der Waals surface area contributed by atoms with Gasteiger partial charge >= 0.3 is 0 Å². The van der Waals surface area contributed by atoms with Crippen molar-refractivity contribution in [2.45, 2.75) is 6.54 Å². The second-order valence-electron chi connectivity index (χ2n) is 4.17. The Labute approximate surface area is 114 Å². The van der Waals surface area contributed by atoms with Crippen molar-refractivity contribution >= 4 is 5.91 Å². The van der Waals surface area contributed by atoms with E-state index in [0.29, 0.717) is 23.7 Å². The number of carbonyl (C=O) groups excluding carboxylic acids is 1. The van der Waals surface area contributed by atoms with E-state index in [9.17, 15) is 4.79 Å². The molecule has 104 valence electrons. The summed E-state index contributed by atoms with van der Waals surface area (Å²) < 4.78 is 12.2. The van der Waals surface area contributed by atoms with Gasteiger partial charge in [0.15, 0.2) is 11.5 Å². The molecule has 0 fully saturated rings. The van der Waals surface area contributed by atoms with Crippen molar-refractivity contribution in [3.05, 3.63) is 30.1 Å². The van der Waals surface area contributed by atoms with Crippen LogP contribution in [0.15, 0.2) is 24.4 Å². The zero-order chi connectivity index (χ0) is 13.9. The van der Waals surface area contributed by atoms with Crippen molar-refractivity contribution in [3.63, 3.8) is 0 Å². The van der Waals surface area contributed by atoms with E-state index in [0.717, 1.165) is 5.69 Å². The Morgan fingerprint density at radius 2 is 2.25 bits per heavy atom. The van der Waals surface area contributed by atoms with Crippen LogP contribution in [0, 0.1) is 0 Å². The minimum Gasteiger partial charge on any atom is -0.454 e. The minimum atomic E-state index is -0.234. The van der Waals surface area contributed by atoms with Crippen LogP contribution >= 0.6 is 0 Å². The zero-order valence-electron chi connectivity index (χ0n) is 10.6. The number of benzene rings is 1. The molecule has 0 saturated heterocycles. The normalized spacial score (nSPS) is 12.4. The number of amides is 1. The fourth-order valence-electron chi connectivity index (χ4n) is 1.79. The third-order valence-corrected chi connectivity index (χ3v) is 2.81. The van der Waals surface area contributed by atoms with Gasteiger partial charge in [0.2, 0.25) is 12.7 Å². The number of hydrogen-bond donors (Lipinski definition) is 2. The summed E-state index contributed by atoms with van der Waals surface area (Å²) in [6.45, 7) is 0.476. The van der Waals surface area contributed by atoms with E-state index in [2.05, 4.69) is 15.6 Å². The summed E-state index contributed by atoms with van der Waals surface area (Å²) in [6.07, 6.45) is 1.73. The van der Waals surface area contributed by atoms with E-state index in [1.807, 2.05) is 18.2 Å². The Kier molecular flexibility index (Phi) is 3.21. The highest BCUT2D eigenvalue weighted by atomic mass is 16.7. The van der Waals surface area contributed by atoms with Crippen LogP contribution in [0.5, 0.6) is 11.5 Å². The first-order chi connectivity index (χ1) is 9.76. The van der Waals surface area contributed by atoms with Gasteiger partial charge in [0.05, 0.1) is 25.0 Å². The average Bonchev–Trinajstić information content (AvgIpc) is 3.12. The smallest absolute Gasteiger partial charge is 0.234 e. The van der Waals surface area contributed by atoms with Crippen molar-refractivity contribution < 1.29 is 14.3 Å². The Morgan fingerprint density at radius 1 is 1.40 bits per heavy atom. The number of nitrogens with zero attached hydrogens (tertiary/aromatic N) is 3. The summed E-state index contributed by atoms with van der Waals surface area (Å²) in [7, 11) is 0. The number of nitrogens with one attached hydrogen (secondary N) is 1. The standard InChI is InChI=1S/C12H13N5O3/c13-4-12(18)14-5-8-6-17(16-15-8)9-1-2-10-11(3-9)20-7-19-10/h1-3,6H,4-5,7,13H2,(H,14,18). The highest BCUT2D eigenvalue weighted by Crippen LogP contribution is 2.33. The summed E-state index contributed by atoms with van der Waals surface area (Å²) in [5.74, 6) is 1.16. The predicted octanol–water partition coefficient (Wildman–Crippen LogP) is -0.429. The van der Waals surface area contributed by atoms with E-state index in [4.69, 9.17) is 15.2 Å². The fourth-order valence-corrected chi connectivity index (χ4v) is 1.79. The van der Waals surface area contributed by atoms with Crippen LogP contribution in [0.3, 0.4) is 0 Å². The molecule has 3 rings (SSSR count). The lowest BCUT2D eigenvalue weighted by Gasteiger charge is -2.01. The Morgan fingerprint density at radius 3 is 3.10 bits per heavy atom. The molecule has 2 heterocycles. The fraction of sp³-hybridized carbons (Fsp3) is 0.250. The van der Waals surface area contributed by atoms with Crippen LogP contribution < -0.4 is 20.5 Å². The molecule has 1 aliphatic rings. The van der Waals surface area contributed by atoms with Gasteiger partial charge in [0.25, 0.3) is 0 Å². The summed E-state index contributed by atoms with van der Waals surface area (Å²) in [5.41, 5.74) is 6.65. The predicted molar refractivity (Wildman–Crippen MR) is 68.4 cm³/mol. The van der Waals surface area contributed by atoms with E-state index in [1.165, 1.54) is 0 Å². The Hall–Kier alpha value is -2.61. The monoisotopic (exact) mass is 275 g/mol. The van der Waals surface area contributed by atoms with Gasteiger partial charge in [-0.1, -0.05) is 5.21 Å². The van der Waals surface area contributed by atoms with Crippen molar-refractivity contribution in [1.29, 1.82) is 0 Å². The largest absolute Gasteiger partial charge is 0.454 e. The molecule has 1 aliphatic heterocycles. The molecule has 0 bridgehead atoms. The van der Waals surface area contributed by atoms with Crippen molar-refractivity contribution in [3.8, 4) is 17.2 Å². The molecule has 0 aliphatic carbocycles. The number of aromatic nitrogens is 3. The SMILES string of the molecule is NCC(=O)NCc1cn(-c2ccc3c(c2)OCO3)nn1. The van der Waals surface area contributed by atoms with Gasteiger partial charge < -0.3 is 20.5 Å². The van der Waals surface area contributed by atoms with Gasteiger partial charge in [-0.15, -0.1) is 5.10 Å². The first kappa shape index (κ1) is 12.4. The lowest BCUT2D eigenvalue weighted by molar-refractivity contribution is -0.119. The molecule has 0 spiro atoms. The van der Waals surface area contributed by atoms with Gasteiger partial charge in [-0.05, 0) is 12.1 Å². The Bertz CT molecular complexity index is 640. The molecule has 0 atom stereocenters. The molecule has 2 aromatic rings. The highest BCUT2D eigenvalue weighted by molar-refractivity contribution is 5.77. The maximum atomic E-state index is 11.1.